The highest BCUT2D eigenvalue weighted by Gasteiger charge is 2.53. The van der Waals surface area contributed by atoms with Crippen LogP contribution >= 0.6 is 0 Å². The molecule has 0 aromatic heterocycles. The van der Waals surface area contributed by atoms with Crippen LogP contribution in [0.25, 0.3) is 0 Å². The number of nitrogens with zero attached hydrogens (tertiary/aromatic N) is 1. The highest BCUT2D eigenvalue weighted by molar-refractivity contribution is 6.56. The number of allylic oxidation sites excluding steroid dienone is 2. The van der Waals surface area contributed by atoms with Gasteiger partial charge in [-0.2, -0.15) is 5.26 Å². The Labute approximate surface area is 102 Å². The van der Waals surface area contributed by atoms with Crippen LogP contribution in [0, 0.1) is 11.3 Å². The van der Waals surface area contributed by atoms with Crippen LogP contribution in [0.15, 0.2) is 23.3 Å². The lowest BCUT2D eigenvalue weighted by molar-refractivity contribution is 0.00578. The van der Waals surface area contributed by atoms with Crippen LogP contribution in [-0.2, 0) is 9.31 Å². The fourth-order valence-corrected chi connectivity index (χ4v) is 1.80. The van der Waals surface area contributed by atoms with Gasteiger partial charge < -0.3 is 14.6 Å². The third-order valence-electron chi connectivity index (χ3n) is 3.62. The van der Waals surface area contributed by atoms with Crippen molar-refractivity contribution in [2.45, 2.75) is 38.9 Å². The molecule has 5 heteroatoms. The SMILES string of the molecule is CC1(C)OB(C2=CNCC=C2C#N)OC1(C)C. The third-order valence-corrected chi connectivity index (χ3v) is 3.62. The maximum absolute atomic E-state index is 9.08. The predicted octanol–water partition coefficient (Wildman–Crippen LogP) is 1.55. The summed E-state index contributed by atoms with van der Waals surface area (Å²) in [6.45, 7) is 8.67. The molecule has 0 bridgehead atoms. The Kier molecular flexibility index (Phi) is 2.80. The van der Waals surface area contributed by atoms with Gasteiger partial charge in [-0.3, -0.25) is 0 Å². The van der Waals surface area contributed by atoms with Crippen molar-refractivity contribution in [1.29, 1.82) is 5.26 Å². The van der Waals surface area contributed by atoms with Crippen molar-refractivity contribution >= 4 is 7.12 Å². The van der Waals surface area contributed by atoms with Gasteiger partial charge in [-0.15, -0.1) is 0 Å². The van der Waals surface area contributed by atoms with Crippen molar-refractivity contribution in [1.82, 2.24) is 5.32 Å². The van der Waals surface area contributed by atoms with Crippen molar-refractivity contribution in [3.05, 3.63) is 23.3 Å². The monoisotopic (exact) mass is 232 g/mol. The largest absolute Gasteiger partial charge is 0.497 e. The van der Waals surface area contributed by atoms with Gasteiger partial charge in [-0.1, -0.05) is 0 Å². The smallest absolute Gasteiger partial charge is 0.399 e. The van der Waals surface area contributed by atoms with Gasteiger partial charge >= 0.3 is 7.12 Å². The van der Waals surface area contributed by atoms with Gasteiger partial charge in [0.1, 0.15) is 0 Å². The van der Waals surface area contributed by atoms with Crippen LogP contribution in [0.3, 0.4) is 0 Å². The summed E-state index contributed by atoms with van der Waals surface area (Å²) in [5, 5.41) is 12.2. The molecule has 90 valence electrons. The number of nitrogens with one attached hydrogen (secondary N) is 1. The molecule has 0 atom stereocenters. The summed E-state index contributed by atoms with van der Waals surface area (Å²) in [6, 6.07) is 2.18. The molecule has 0 aromatic carbocycles. The second-order valence-electron chi connectivity index (χ2n) is 5.33. The number of hydrogen-bond acceptors (Lipinski definition) is 4. The standard InChI is InChI=1S/C12H17BN2O2/c1-11(2)12(3,4)17-13(16-11)10-8-15-6-5-9(10)7-14/h5,8,15H,6H2,1-4H3. The highest BCUT2D eigenvalue weighted by atomic mass is 16.7. The summed E-state index contributed by atoms with van der Waals surface area (Å²) >= 11 is 0. The first-order valence-corrected chi connectivity index (χ1v) is 5.77. The Bertz CT molecular complexity index is 416. The summed E-state index contributed by atoms with van der Waals surface area (Å²) in [6.07, 6.45) is 3.65. The summed E-state index contributed by atoms with van der Waals surface area (Å²) in [4.78, 5) is 0. The zero-order valence-corrected chi connectivity index (χ0v) is 10.7. The Morgan fingerprint density at radius 3 is 2.41 bits per heavy atom. The fourth-order valence-electron chi connectivity index (χ4n) is 1.80. The van der Waals surface area contributed by atoms with E-state index in [0.29, 0.717) is 12.1 Å². The maximum Gasteiger partial charge on any atom is 0.497 e. The second kappa shape index (κ2) is 3.90. The third kappa shape index (κ3) is 1.99. The molecule has 2 aliphatic rings. The van der Waals surface area contributed by atoms with E-state index in [4.69, 9.17) is 14.6 Å². The summed E-state index contributed by atoms with van der Waals surface area (Å²) in [7, 11) is -0.473. The van der Waals surface area contributed by atoms with Gasteiger partial charge in [0.2, 0.25) is 0 Å². The molecule has 17 heavy (non-hydrogen) atoms. The molecule has 2 rings (SSSR count). The van der Waals surface area contributed by atoms with Crippen LogP contribution in [0.5, 0.6) is 0 Å². The van der Waals surface area contributed by atoms with E-state index in [-0.39, 0.29) is 11.2 Å². The zero-order chi connectivity index (χ0) is 12.7. The van der Waals surface area contributed by atoms with Gasteiger partial charge in [0.25, 0.3) is 0 Å². The van der Waals surface area contributed by atoms with E-state index in [1.54, 1.807) is 6.20 Å². The van der Waals surface area contributed by atoms with Crippen molar-refractivity contribution in [3.63, 3.8) is 0 Å². The minimum atomic E-state index is -0.473. The number of nitriles is 1. The Hall–Kier alpha value is -1.25. The quantitative estimate of drug-likeness (QED) is 0.697. The number of hydrogen-bond donors (Lipinski definition) is 1. The van der Waals surface area contributed by atoms with Crippen LogP contribution in [0.1, 0.15) is 27.7 Å². The van der Waals surface area contributed by atoms with Crippen molar-refractivity contribution < 1.29 is 9.31 Å². The van der Waals surface area contributed by atoms with E-state index in [1.165, 1.54) is 0 Å². The van der Waals surface area contributed by atoms with E-state index in [0.717, 1.165) is 5.47 Å². The Balaban J connectivity index is 2.25. The lowest BCUT2D eigenvalue weighted by Gasteiger charge is -2.32. The van der Waals surface area contributed by atoms with Gasteiger partial charge in [0.15, 0.2) is 0 Å². The van der Waals surface area contributed by atoms with Crippen LogP contribution in [0.4, 0.5) is 0 Å². The molecule has 2 aliphatic heterocycles. The van der Waals surface area contributed by atoms with Crippen molar-refractivity contribution in [2.75, 3.05) is 6.54 Å². The molecule has 0 spiro atoms. The van der Waals surface area contributed by atoms with E-state index in [1.807, 2.05) is 33.8 Å². The van der Waals surface area contributed by atoms with Gasteiger partial charge in [-0.25, -0.2) is 0 Å². The summed E-state index contributed by atoms with van der Waals surface area (Å²) in [5.74, 6) is 0. The first kappa shape index (κ1) is 12.2. The number of dihydropyridines is 1. The average Bonchev–Trinajstić information content (AvgIpc) is 2.48. The lowest BCUT2D eigenvalue weighted by atomic mass is 9.73. The molecule has 2 heterocycles. The van der Waals surface area contributed by atoms with Crippen LogP contribution in [-0.4, -0.2) is 24.9 Å². The highest BCUT2D eigenvalue weighted by Crippen LogP contribution is 2.39. The van der Waals surface area contributed by atoms with Crippen molar-refractivity contribution in [3.8, 4) is 6.07 Å². The Morgan fingerprint density at radius 2 is 1.88 bits per heavy atom. The van der Waals surface area contributed by atoms with Crippen LogP contribution in [0.2, 0.25) is 0 Å². The minimum Gasteiger partial charge on any atom is -0.399 e. The maximum atomic E-state index is 9.08. The normalized spacial score (nSPS) is 25.7. The second-order valence-corrected chi connectivity index (χ2v) is 5.33. The van der Waals surface area contributed by atoms with E-state index >= 15 is 0 Å². The molecule has 0 amide bonds. The first-order chi connectivity index (χ1) is 7.87. The minimum absolute atomic E-state index is 0.378. The number of rotatable bonds is 1. The molecule has 0 unspecified atom stereocenters. The predicted molar refractivity (Wildman–Crippen MR) is 65.9 cm³/mol. The molecule has 0 saturated carbocycles. The topological polar surface area (TPSA) is 54.3 Å². The molecule has 0 aromatic rings. The van der Waals surface area contributed by atoms with E-state index < -0.39 is 7.12 Å². The molecule has 0 radical (unpaired) electrons. The molecular weight excluding hydrogens is 215 g/mol. The molecule has 4 nitrogen and oxygen atoms in total. The lowest BCUT2D eigenvalue weighted by Crippen LogP contribution is -2.41. The van der Waals surface area contributed by atoms with E-state index in [9.17, 15) is 0 Å². The zero-order valence-electron chi connectivity index (χ0n) is 10.7. The molecule has 1 N–H and O–H groups in total. The Morgan fingerprint density at radius 1 is 1.29 bits per heavy atom. The van der Waals surface area contributed by atoms with Crippen LogP contribution < -0.4 is 5.32 Å². The first-order valence-electron chi connectivity index (χ1n) is 5.77. The molecule has 1 saturated heterocycles. The molecule has 1 fully saturated rings. The van der Waals surface area contributed by atoms with E-state index in [2.05, 4.69) is 11.4 Å². The van der Waals surface area contributed by atoms with Crippen molar-refractivity contribution in [2.24, 2.45) is 0 Å². The fraction of sp³-hybridized carbons (Fsp3) is 0.583. The van der Waals surface area contributed by atoms with Gasteiger partial charge in [-0.05, 0) is 40.0 Å². The van der Waals surface area contributed by atoms with Gasteiger partial charge in [0.05, 0.1) is 22.8 Å². The summed E-state index contributed by atoms with van der Waals surface area (Å²) in [5.41, 5.74) is 0.646. The average molecular weight is 232 g/mol. The molecular formula is C12H17BN2O2. The summed E-state index contributed by atoms with van der Waals surface area (Å²) < 4.78 is 11.8. The molecule has 0 aliphatic carbocycles. The van der Waals surface area contributed by atoms with Gasteiger partial charge in [0, 0.05) is 12.0 Å².